The average Bonchev–Trinajstić information content (AvgIpc) is 2.71. The number of methoxy groups -OCH3 is 1. The number of nitrogens with one attached hydrogen (secondary N) is 1. The van der Waals surface area contributed by atoms with Gasteiger partial charge in [0.05, 0.1) is 18.5 Å². The molecule has 1 aliphatic carbocycles. The van der Waals surface area contributed by atoms with Gasteiger partial charge in [-0.3, -0.25) is 4.79 Å². The van der Waals surface area contributed by atoms with Crippen LogP contribution in [0.2, 0.25) is 0 Å². The fourth-order valence-corrected chi connectivity index (χ4v) is 2.80. The van der Waals surface area contributed by atoms with Crippen molar-refractivity contribution < 1.29 is 9.53 Å². The molecule has 0 bridgehead atoms. The molecule has 4 heteroatoms. The van der Waals surface area contributed by atoms with Crippen LogP contribution < -0.4 is 15.8 Å². The Kier molecular flexibility index (Phi) is 3.69. The normalized spacial score (nSPS) is 21.1. The van der Waals surface area contributed by atoms with Gasteiger partial charge in [0.2, 0.25) is 5.91 Å². The number of ether oxygens (including phenoxy) is 1. The molecule has 0 heterocycles. The van der Waals surface area contributed by atoms with Crippen LogP contribution in [-0.2, 0) is 4.79 Å². The van der Waals surface area contributed by atoms with E-state index in [2.05, 4.69) is 19.2 Å². The summed E-state index contributed by atoms with van der Waals surface area (Å²) in [6.45, 7) is 4.30. The fourth-order valence-electron chi connectivity index (χ4n) is 2.80. The Labute approximate surface area is 114 Å². The summed E-state index contributed by atoms with van der Waals surface area (Å²) in [6.07, 6.45) is 3.15. The number of benzene rings is 1. The molecule has 1 aromatic rings. The Balaban J connectivity index is 2.15. The minimum atomic E-state index is 0.0538. The van der Waals surface area contributed by atoms with Crippen LogP contribution >= 0.6 is 0 Å². The molecule has 2 rings (SSSR count). The third kappa shape index (κ3) is 2.83. The number of nitrogens with two attached hydrogens (primary N) is 1. The van der Waals surface area contributed by atoms with Crippen molar-refractivity contribution >= 4 is 17.3 Å². The topological polar surface area (TPSA) is 64.3 Å². The van der Waals surface area contributed by atoms with Crippen molar-refractivity contribution in [2.24, 2.45) is 11.3 Å². The van der Waals surface area contributed by atoms with Crippen LogP contribution in [0.3, 0.4) is 0 Å². The van der Waals surface area contributed by atoms with Crippen molar-refractivity contribution in [2.45, 2.75) is 33.1 Å². The van der Waals surface area contributed by atoms with Gasteiger partial charge in [0.15, 0.2) is 0 Å². The zero-order chi connectivity index (χ0) is 14.0. The van der Waals surface area contributed by atoms with Crippen molar-refractivity contribution in [3.8, 4) is 5.75 Å². The summed E-state index contributed by atoms with van der Waals surface area (Å²) in [5.74, 6) is 0.802. The third-order valence-electron chi connectivity index (χ3n) is 4.09. The van der Waals surface area contributed by atoms with Crippen molar-refractivity contribution in [3.05, 3.63) is 18.2 Å². The highest BCUT2D eigenvalue weighted by Crippen LogP contribution is 2.43. The smallest absolute Gasteiger partial charge is 0.228 e. The van der Waals surface area contributed by atoms with E-state index in [-0.39, 0.29) is 17.2 Å². The van der Waals surface area contributed by atoms with E-state index < -0.39 is 0 Å². The Hall–Kier alpha value is -1.71. The van der Waals surface area contributed by atoms with E-state index in [1.165, 1.54) is 0 Å². The first-order chi connectivity index (χ1) is 8.94. The summed E-state index contributed by atoms with van der Waals surface area (Å²) in [7, 11) is 1.59. The molecule has 104 valence electrons. The van der Waals surface area contributed by atoms with Gasteiger partial charge in [-0.15, -0.1) is 0 Å². The van der Waals surface area contributed by atoms with Crippen LogP contribution in [0.15, 0.2) is 18.2 Å². The van der Waals surface area contributed by atoms with Gasteiger partial charge in [0.1, 0.15) is 5.75 Å². The van der Waals surface area contributed by atoms with Gasteiger partial charge in [-0.25, -0.2) is 0 Å². The highest BCUT2D eigenvalue weighted by Gasteiger charge is 2.39. The molecule has 0 radical (unpaired) electrons. The second-order valence-corrected chi connectivity index (χ2v) is 5.88. The lowest BCUT2D eigenvalue weighted by atomic mass is 9.81. The molecule has 1 unspecified atom stereocenters. The molecule has 1 aliphatic rings. The van der Waals surface area contributed by atoms with Gasteiger partial charge in [-0.1, -0.05) is 20.3 Å². The second-order valence-electron chi connectivity index (χ2n) is 5.88. The van der Waals surface area contributed by atoms with E-state index in [0.717, 1.165) is 19.3 Å². The maximum Gasteiger partial charge on any atom is 0.228 e. The monoisotopic (exact) mass is 262 g/mol. The van der Waals surface area contributed by atoms with E-state index in [1.807, 2.05) is 0 Å². The largest absolute Gasteiger partial charge is 0.497 e. The van der Waals surface area contributed by atoms with Gasteiger partial charge in [-0.05, 0) is 30.4 Å². The van der Waals surface area contributed by atoms with Gasteiger partial charge in [0, 0.05) is 12.0 Å². The Bertz CT molecular complexity index is 483. The molecule has 1 saturated carbocycles. The first-order valence-corrected chi connectivity index (χ1v) is 6.68. The van der Waals surface area contributed by atoms with E-state index in [1.54, 1.807) is 25.3 Å². The number of carbonyl (C=O) groups is 1. The summed E-state index contributed by atoms with van der Waals surface area (Å²) in [5, 5.41) is 2.94. The zero-order valence-corrected chi connectivity index (χ0v) is 11.8. The van der Waals surface area contributed by atoms with E-state index >= 15 is 0 Å². The minimum Gasteiger partial charge on any atom is -0.497 e. The van der Waals surface area contributed by atoms with Crippen molar-refractivity contribution in [1.29, 1.82) is 0 Å². The SMILES string of the molecule is COc1ccc(N)c(NC(=O)C2CCCC2(C)C)c1. The molecule has 1 aromatic carbocycles. The maximum absolute atomic E-state index is 12.4. The molecular formula is C15H22N2O2. The second kappa shape index (κ2) is 5.11. The fraction of sp³-hybridized carbons (Fsp3) is 0.533. The molecule has 1 amide bonds. The van der Waals surface area contributed by atoms with E-state index in [4.69, 9.17) is 10.5 Å². The summed E-state index contributed by atoms with van der Waals surface area (Å²) < 4.78 is 5.15. The Morgan fingerprint density at radius 3 is 2.79 bits per heavy atom. The van der Waals surface area contributed by atoms with Crippen molar-refractivity contribution in [3.63, 3.8) is 0 Å². The van der Waals surface area contributed by atoms with E-state index in [9.17, 15) is 4.79 Å². The molecule has 0 spiro atoms. The average molecular weight is 262 g/mol. The first kappa shape index (κ1) is 13.7. The van der Waals surface area contributed by atoms with Gasteiger partial charge < -0.3 is 15.8 Å². The standard InChI is InChI=1S/C15H22N2O2/c1-15(2)8-4-5-11(15)14(18)17-13-9-10(19-3)6-7-12(13)16/h6-7,9,11H,4-5,8,16H2,1-3H3,(H,17,18). The van der Waals surface area contributed by atoms with Gasteiger partial charge in [0.25, 0.3) is 0 Å². The third-order valence-corrected chi connectivity index (χ3v) is 4.09. The Morgan fingerprint density at radius 1 is 1.47 bits per heavy atom. The molecule has 0 saturated heterocycles. The van der Waals surface area contributed by atoms with Crippen LogP contribution in [0.5, 0.6) is 5.75 Å². The summed E-state index contributed by atoms with van der Waals surface area (Å²) in [5.41, 5.74) is 7.15. The van der Waals surface area contributed by atoms with Crippen LogP contribution in [0.4, 0.5) is 11.4 Å². The number of anilines is 2. The van der Waals surface area contributed by atoms with Gasteiger partial charge >= 0.3 is 0 Å². The molecule has 1 fully saturated rings. The zero-order valence-electron chi connectivity index (χ0n) is 11.8. The molecular weight excluding hydrogens is 240 g/mol. The lowest BCUT2D eigenvalue weighted by Crippen LogP contribution is -2.31. The summed E-state index contributed by atoms with van der Waals surface area (Å²) >= 11 is 0. The predicted octanol–water partition coefficient (Wildman–Crippen LogP) is 3.04. The maximum atomic E-state index is 12.4. The van der Waals surface area contributed by atoms with Crippen LogP contribution in [0.1, 0.15) is 33.1 Å². The minimum absolute atomic E-state index is 0.0538. The lowest BCUT2D eigenvalue weighted by molar-refractivity contribution is -0.122. The van der Waals surface area contributed by atoms with Gasteiger partial charge in [-0.2, -0.15) is 0 Å². The molecule has 0 aromatic heterocycles. The highest BCUT2D eigenvalue weighted by molar-refractivity contribution is 5.96. The number of carbonyl (C=O) groups excluding carboxylic acids is 1. The van der Waals surface area contributed by atoms with Crippen LogP contribution in [-0.4, -0.2) is 13.0 Å². The number of hydrogen-bond donors (Lipinski definition) is 2. The molecule has 1 atom stereocenters. The molecule has 3 N–H and O–H groups in total. The summed E-state index contributed by atoms with van der Waals surface area (Å²) in [4.78, 5) is 12.4. The van der Waals surface area contributed by atoms with Crippen LogP contribution in [0, 0.1) is 11.3 Å². The van der Waals surface area contributed by atoms with Crippen molar-refractivity contribution in [1.82, 2.24) is 0 Å². The van der Waals surface area contributed by atoms with Crippen LogP contribution in [0.25, 0.3) is 0 Å². The van der Waals surface area contributed by atoms with Crippen molar-refractivity contribution in [2.75, 3.05) is 18.2 Å². The molecule has 4 nitrogen and oxygen atoms in total. The number of rotatable bonds is 3. The molecule has 19 heavy (non-hydrogen) atoms. The lowest BCUT2D eigenvalue weighted by Gasteiger charge is -2.26. The number of amides is 1. The highest BCUT2D eigenvalue weighted by atomic mass is 16.5. The quantitative estimate of drug-likeness (QED) is 0.823. The summed E-state index contributed by atoms with van der Waals surface area (Å²) in [6, 6.07) is 5.29. The number of hydrogen-bond acceptors (Lipinski definition) is 3. The predicted molar refractivity (Wildman–Crippen MR) is 77.2 cm³/mol. The molecule has 0 aliphatic heterocycles. The Morgan fingerprint density at radius 2 is 2.21 bits per heavy atom. The first-order valence-electron chi connectivity index (χ1n) is 6.68. The van der Waals surface area contributed by atoms with E-state index in [0.29, 0.717) is 17.1 Å². The number of nitrogen functional groups attached to an aromatic ring is 1.